The maximum absolute atomic E-state index is 5.83. The predicted molar refractivity (Wildman–Crippen MR) is 75.0 cm³/mol. The van der Waals surface area contributed by atoms with Crippen molar-refractivity contribution < 1.29 is 4.74 Å². The van der Waals surface area contributed by atoms with Gasteiger partial charge in [0.1, 0.15) is 5.75 Å². The minimum atomic E-state index is 0.216. The zero-order valence-electron chi connectivity index (χ0n) is 9.59. The van der Waals surface area contributed by atoms with E-state index >= 15 is 0 Å². The average Bonchev–Trinajstić information content (AvgIpc) is 2.23. The molecule has 1 rings (SSSR count). The van der Waals surface area contributed by atoms with Crippen molar-refractivity contribution in [3.8, 4) is 5.75 Å². The molecule has 16 heavy (non-hydrogen) atoms. The minimum absolute atomic E-state index is 0.216. The van der Waals surface area contributed by atoms with Crippen LogP contribution < -0.4 is 10.5 Å². The van der Waals surface area contributed by atoms with E-state index in [0.29, 0.717) is 6.54 Å². The summed E-state index contributed by atoms with van der Waals surface area (Å²) in [6.07, 6.45) is 2.08. The molecular formula is C12H17Br2NO. The van der Waals surface area contributed by atoms with Crippen LogP contribution in [0.4, 0.5) is 0 Å². The third-order valence-electron chi connectivity index (χ3n) is 2.39. The Morgan fingerprint density at radius 1 is 1.31 bits per heavy atom. The highest BCUT2D eigenvalue weighted by molar-refractivity contribution is 9.11. The van der Waals surface area contributed by atoms with Crippen LogP contribution in [-0.2, 0) is 6.42 Å². The number of halogens is 2. The highest BCUT2D eigenvalue weighted by Crippen LogP contribution is 2.35. The fraction of sp³-hybridized carbons (Fsp3) is 0.500. The molecule has 0 fully saturated rings. The number of nitrogens with two attached hydrogens (primary N) is 1. The van der Waals surface area contributed by atoms with Crippen LogP contribution in [-0.4, -0.2) is 12.6 Å². The maximum atomic E-state index is 5.83. The molecule has 0 amide bonds. The third-order valence-corrected chi connectivity index (χ3v) is 3.56. The largest absolute Gasteiger partial charge is 0.488 e. The molecule has 4 heteroatoms. The molecule has 1 aromatic rings. The molecule has 1 aromatic carbocycles. The van der Waals surface area contributed by atoms with E-state index in [9.17, 15) is 0 Å². The van der Waals surface area contributed by atoms with Gasteiger partial charge in [-0.25, -0.2) is 0 Å². The summed E-state index contributed by atoms with van der Waals surface area (Å²) in [6, 6.07) is 4.13. The zero-order chi connectivity index (χ0) is 12.1. The second-order valence-corrected chi connectivity index (χ2v) is 5.47. The van der Waals surface area contributed by atoms with Gasteiger partial charge in [0.05, 0.1) is 15.0 Å². The molecule has 0 aromatic heterocycles. The summed E-state index contributed by atoms with van der Waals surface area (Å²) in [5.74, 6) is 0.870. The van der Waals surface area contributed by atoms with Crippen LogP contribution >= 0.6 is 31.9 Å². The Kier molecular flexibility index (Phi) is 5.79. The molecular weight excluding hydrogens is 334 g/mol. The molecule has 0 saturated heterocycles. The fourth-order valence-corrected chi connectivity index (χ4v) is 2.79. The van der Waals surface area contributed by atoms with Crippen molar-refractivity contribution in [2.75, 3.05) is 6.54 Å². The molecule has 0 aliphatic heterocycles. The van der Waals surface area contributed by atoms with Crippen molar-refractivity contribution in [2.45, 2.75) is 32.8 Å². The highest BCUT2D eigenvalue weighted by Gasteiger charge is 2.11. The van der Waals surface area contributed by atoms with E-state index in [1.165, 1.54) is 5.56 Å². The number of hydrogen-bond acceptors (Lipinski definition) is 2. The lowest BCUT2D eigenvalue weighted by molar-refractivity contribution is 0.214. The van der Waals surface area contributed by atoms with Gasteiger partial charge in [-0.1, -0.05) is 6.92 Å². The van der Waals surface area contributed by atoms with Gasteiger partial charge in [-0.15, -0.1) is 0 Å². The minimum Gasteiger partial charge on any atom is -0.488 e. The first kappa shape index (κ1) is 14.0. The van der Waals surface area contributed by atoms with Gasteiger partial charge in [0.15, 0.2) is 0 Å². The van der Waals surface area contributed by atoms with Crippen molar-refractivity contribution in [3.63, 3.8) is 0 Å². The summed E-state index contributed by atoms with van der Waals surface area (Å²) in [7, 11) is 0. The molecule has 90 valence electrons. The molecule has 0 bridgehead atoms. The molecule has 0 aliphatic rings. The maximum Gasteiger partial charge on any atom is 0.148 e. The summed E-state index contributed by atoms with van der Waals surface area (Å²) >= 11 is 7.06. The predicted octanol–water partition coefficient (Wildman–Crippen LogP) is 3.89. The summed E-state index contributed by atoms with van der Waals surface area (Å²) in [6.45, 7) is 4.83. The summed E-state index contributed by atoms with van der Waals surface area (Å²) in [5, 5.41) is 0. The van der Waals surface area contributed by atoms with Crippen molar-refractivity contribution in [1.82, 2.24) is 0 Å². The number of rotatable bonds is 5. The SMILES string of the molecule is CCC(C)Oc1c(Br)cc(CCN)cc1Br. The molecule has 1 unspecified atom stereocenters. The van der Waals surface area contributed by atoms with Gasteiger partial charge in [0, 0.05) is 0 Å². The quantitative estimate of drug-likeness (QED) is 0.874. The van der Waals surface area contributed by atoms with E-state index in [2.05, 4.69) is 57.8 Å². The molecule has 0 radical (unpaired) electrons. The van der Waals surface area contributed by atoms with Crippen LogP contribution in [0.15, 0.2) is 21.1 Å². The van der Waals surface area contributed by atoms with Crippen LogP contribution in [0.5, 0.6) is 5.75 Å². The van der Waals surface area contributed by atoms with Gasteiger partial charge in [0.2, 0.25) is 0 Å². The van der Waals surface area contributed by atoms with Crippen LogP contribution in [0.1, 0.15) is 25.8 Å². The van der Waals surface area contributed by atoms with Gasteiger partial charge in [0.25, 0.3) is 0 Å². The Balaban J connectivity index is 2.93. The number of ether oxygens (including phenoxy) is 1. The highest BCUT2D eigenvalue weighted by atomic mass is 79.9. The van der Waals surface area contributed by atoms with Crippen molar-refractivity contribution in [2.24, 2.45) is 5.73 Å². The second-order valence-electron chi connectivity index (χ2n) is 3.76. The summed E-state index contributed by atoms with van der Waals surface area (Å²) in [4.78, 5) is 0. The Hall–Kier alpha value is -0.0600. The van der Waals surface area contributed by atoms with Crippen molar-refractivity contribution >= 4 is 31.9 Å². The first-order valence-electron chi connectivity index (χ1n) is 5.43. The lowest BCUT2D eigenvalue weighted by Crippen LogP contribution is -2.11. The molecule has 0 heterocycles. The van der Waals surface area contributed by atoms with Gasteiger partial charge in [-0.2, -0.15) is 0 Å². The Morgan fingerprint density at radius 3 is 2.31 bits per heavy atom. The molecule has 2 N–H and O–H groups in total. The van der Waals surface area contributed by atoms with E-state index in [0.717, 1.165) is 27.5 Å². The molecule has 0 spiro atoms. The van der Waals surface area contributed by atoms with Gasteiger partial charge < -0.3 is 10.5 Å². The van der Waals surface area contributed by atoms with Gasteiger partial charge >= 0.3 is 0 Å². The Morgan fingerprint density at radius 2 is 1.88 bits per heavy atom. The van der Waals surface area contributed by atoms with Crippen LogP contribution in [0, 0.1) is 0 Å². The number of benzene rings is 1. The standard InChI is InChI=1S/C12H17Br2NO/c1-3-8(2)16-12-10(13)6-9(4-5-15)7-11(12)14/h6-8H,3-5,15H2,1-2H3. The fourth-order valence-electron chi connectivity index (χ4n) is 1.32. The summed E-state index contributed by atoms with van der Waals surface area (Å²) < 4.78 is 7.79. The van der Waals surface area contributed by atoms with E-state index in [-0.39, 0.29) is 6.10 Å². The molecule has 0 saturated carbocycles. The summed E-state index contributed by atoms with van der Waals surface area (Å²) in [5.41, 5.74) is 6.75. The smallest absolute Gasteiger partial charge is 0.148 e. The van der Waals surface area contributed by atoms with Crippen molar-refractivity contribution in [3.05, 3.63) is 26.6 Å². The zero-order valence-corrected chi connectivity index (χ0v) is 12.8. The second kappa shape index (κ2) is 6.62. The van der Waals surface area contributed by atoms with E-state index in [1.807, 2.05) is 0 Å². The molecule has 2 nitrogen and oxygen atoms in total. The lowest BCUT2D eigenvalue weighted by Gasteiger charge is -2.16. The topological polar surface area (TPSA) is 35.2 Å². The van der Waals surface area contributed by atoms with E-state index < -0.39 is 0 Å². The lowest BCUT2D eigenvalue weighted by atomic mass is 10.1. The van der Waals surface area contributed by atoms with E-state index in [1.54, 1.807) is 0 Å². The van der Waals surface area contributed by atoms with E-state index in [4.69, 9.17) is 10.5 Å². The van der Waals surface area contributed by atoms with Crippen LogP contribution in [0.25, 0.3) is 0 Å². The monoisotopic (exact) mass is 349 g/mol. The molecule has 1 atom stereocenters. The Labute approximate surface area is 114 Å². The normalized spacial score (nSPS) is 12.6. The molecule has 0 aliphatic carbocycles. The third kappa shape index (κ3) is 3.75. The first-order chi connectivity index (χ1) is 7.58. The van der Waals surface area contributed by atoms with Gasteiger partial charge in [-0.3, -0.25) is 0 Å². The van der Waals surface area contributed by atoms with Crippen LogP contribution in [0.3, 0.4) is 0 Å². The van der Waals surface area contributed by atoms with Crippen LogP contribution in [0.2, 0.25) is 0 Å². The Bertz CT molecular complexity index is 332. The average molecular weight is 351 g/mol. The van der Waals surface area contributed by atoms with Crippen molar-refractivity contribution in [1.29, 1.82) is 0 Å². The number of hydrogen-bond donors (Lipinski definition) is 1. The first-order valence-corrected chi connectivity index (χ1v) is 7.01. The van der Waals surface area contributed by atoms with Gasteiger partial charge in [-0.05, 0) is 75.9 Å².